The number of carbonyl (C=O) groups excluding carboxylic acids is 1. The van der Waals surface area contributed by atoms with Gasteiger partial charge in [-0.2, -0.15) is 0 Å². The van der Waals surface area contributed by atoms with Gasteiger partial charge in [0.15, 0.2) is 0 Å². The molecule has 2 aromatic rings. The van der Waals surface area contributed by atoms with Gasteiger partial charge in [-0.3, -0.25) is 0 Å². The Morgan fingerprint density at radius 2 is 1.97 bits per heavy atom. The number of unbranched alkanes of at least 4 members (excludes halogenated alkanes) is 1. The number of ether oxygens (including phenoxy) is 2. The monoisotopic (exact) mass is 515 g/mol. The largest absolute Gasteiger partial charge is 0.390 e. The number of aliphatic hydroxyl groups is 2. The van der Waals surface area contributed by atoms with Crippen LogP contribution < -0.4 is 5.73 Å². The Kier molecular flexibility index (Phi) is 8.82. The molecule has 2 amide bonds. The van der Waals surface area contributed by atoms with Crippen molar-refractivity contribution in [1.82, 2.24) is 9.80 Å². The SMILES string of the molecule is COCCCC[C@@](O)(c1cccc(F)c1-c1cccc(C)c1)[C@H]1CN(C(=O)N2C[C@@H](N)[C@@H](O)C2)CCO1. The second kappa shape index (κ2) is 11.9. The van der Waals surface area contributed by atoms with Gasteiger partial charge in [0.2, 0.25) is 0 Å². The molecule has 0 spiro atoms. The zero-order valence-electron chi connectivity index (χ0n) is 21.6. The van der Waals surface area contributed by atoms with E-state index in [1.807, 2.05) is 31.2 Å². The van der Waals surface area contributed by atoms with Gasteiger partial charge in [-0.1, -0.05) is 42.0 Å². The van der Waals surface area contributed by atoms with Crippen LogP contribution in [0, 0.1) is 12.7 Å². The van der Waals surface area contributed by atoms with Crippen molar-refractivity contribution in [2.45, 2.75) is 50.0 Å². The Labute approximate surface area is 217 Å². The molecule has 0 bridgehead atoms. The van der Waals surface area contributed by atoms with Crippen molar-refractivity contribution in [1.29, 1.82) is 0 Å². The van der Waals surface area contributed by atoms with Crippen LogP contribution in [-0.4, -0.2) is 90.8 Å². The Hall–Kier alpha value is -2.56. The number of hydrogen-bond donors (Lipinski definition) is 3. The molecule has 4 atom stereocenters. The Bertz CT molecular complexity index is 1080. The summed E-state index contributed by atoms with van der Waals surface area (Å²) in [6, 6.07) is 11.5. The molecule has 202 valence electrons. The summed E-state index contributed by atoms with van der Waals surface area (Å²) < 4.78 is 26.7. The molecular formula is C28H38FN3O5. The molecule has 2 aliphatic heterocycles. The van der Waals surface area contributed by atoms with E-state index in [0.717, 1.165) is 5.56 Å². The molecule has 0 radical (unpaired) electrons. The Morgan fingerprint density at radius 1 is 1.19 bits per heavy atom. The van der Waals surface area contributed by atoms with E-state index in [2.05, 4.69) is 0 Å². The van der Waals surface area contributed by atoms with E-state index < -0.39 is 29.7 Å². The highest BCUT2D eigenvalue weighted by Gasteiger charge is 2.45. The number of urea groups is 1. The van der Waals surface area contributed by atoms with Crippen molar-refractivity contribution in [3.8, 4) is 11.1 Å². The third-order valence-electron chi connectivity index (χ3n) is 7.42. The predicted molar refractivity (Wildman–Crippen MR) is 138 cm³/mol. The molecule has 8 nitrogen and oxygen atoms in total. The summed E-state index contributed by atoms with van der Waals surface area (Å²) in [5, 5.41) is 22.4. The quantitative estimate of drug-likeness (QED) is 0.467. The number of halogens is 1. The summed E-state index contributed by atoms with van der Waals surface area (Å²) in [5.74, 6) is -0.429. The molecule has 2 fully saturated rings. The minimum atomic E-state index is -1.56. The lowest BCUT2D eigenvalue weighted by Gasteiger charge is -2.44. The first-order valence-corrected chi connectivity index (χ1v) is 12.9. The molecule has 9 heteroatoms. The van der Waals surface area contributed by atoms with E-state index in [9.17, 15) is 15.0 Å². The normalized spacial score (nSPS) is 23.8. The number of nitrogens with two attached hydrogens (primary N) is 1. The number of likely N-dealkylation sites (tertiary alicyclic amines) is 1. The Morgan fingerprint density at radius 3 is 2.68 bits per heavy atom. The Balaban J connectivity index is 1.68. The molecule has 0 aliphatic carbocycles. The zero-order chi connectivity index (χ0) is 26.6. The van der Waals surface area contributed by atoms with Gasteiger partial charge in [-0.25, -0.2) is 9.18 Å². The molecule has 2 heterocycles. The van der Waals surface area contributed by atoms with E-state index in [-0.39, 0.29) is 32.3 Å². The van der Waals surface area contributed by atoms with Crippen LogP contribution >= 0.6 is 0 Å². The first-order valence-electron chi connectivity index (χ1n) is 12.9. The molecular weight excluding hydrogens is 477 g/mol. The number of amides is 2. The van der Waals surface area contributed by atoms with Crippen LogP contribution in [0.1, 0.15) is 30.4 Å². The molecule has 2 aromatic carbocycles. The van der Waals surface area contributed by atoms with Crippen LogP contribution in [0.3, 0.4) is 0 Å². The number of β-amino-alcohol motifs (C(OH)–C–C–N with tert-alkyl or cyclic N) is 1. The molecule has 0 aromatic heterocycles. The van der Waals surface area contributed by atoms with Gasteiger partial charge < -0.3 is 35.2 Å². The maximum atomic E-state index is 15.4. The summed E-state index contributed by atoms with van der Waals surface area (Å²) in [4.78, 5) is 16.4. The van der Waals surface area contributed by atoms with Crippen molar-refractivity contribution < 1.29 is 28.9 Å². The average Bonchev–Trinajstić information content (AvgIpc) is 3.23. The van der Waals surface area contributed by atoms with Crippen LogP contribution in [0.4, 0.5) is 9.18 Å². The lowest BCUT2D eigenvalue weighted by molar-refractivity contribution is -0.147. The fourth-order valence-electron chi connectivity index (χ4n) is 5.37. The molecule has 2 aliphatic rings. The number of hydrogen-bond acceptors (Lipinski definition) is 6. The minimum Gasteiger partial charge on any atom is -0.390 e. The van der Waals surface area contributed by atoms with E-state index in [1.54, 1.807) is 24.1 Å². The summed E-state index contributed by atoms with van der Waals surface area (Å²) in [6.45, 7) is 3.63. The van der Waals surface area contributed by atoms with Crippen LogP contribution in [-0.2, 0) is 15.1 Å². The van der Waals surface area contributed by atoms with Gasteiger partial charge >= 0.3 is 6.03 Å². The highest BCUT2D eigenvalue weighted by molar-refractivity contribution is 5.75. The second-order valence-electron chi connectivity index (χ2n) is 10.1. The number of carbonyl (C=O) groups is 1. The molecule has 0 saturated carbocycles. The third-order valence-corrected chi connectivity index (χ3v) is 7.42. The van der Waals surface area contributed by atoms with Crippen molar-refractivity contribution in [3.05, 3.63) is 59.4 Å². The zero-order valence-corrected chi connectivity index (χ0v) is 21.6. The van der Waals surface area contributed by atoms with Crippen LogP contribution in [0.15, 0.2) is 42.5 Å². The van der Waals surface area contributed by atoms with Crippen LogP contribution in [0.25, 0.3) is 11.1 Å². The summed E-state index contributed by atoms with van der Waals surface area (Å²) in [7, 11) is 1.63. The summed E-state index contributed by atoms with van der Waals surface area (Å²) in [6.07, 6.45) is 0.0996. The smallest absolute Gasteiger partial charge is 0.320 e. The number of benzene rings is 2. The van der Waals surface area contributed by atoms with Crippen LogP contribution in [0.5, 0.6) is 0 Å². The summed E-state index contributed by atoms with van der Waals surface area (Å²) in [5.41, 5.74) is 6.78. The van der Waals surface area contributed by atoms with Crippen molar-refractivity contribution in [2.24, 2.45) is 5.73 Å². The fourth-order valence-corrected chi connectivity index (χ4v) is 5.37. The van der Waals surface area contributed by atoms with E-state index >= 15 is 4.39 Å². The lowest BCUT2D eigenvalue weighted by atomic mass is 9.78. The van der Waals surface area contributed by atoms with E-state index in [4.69, 9.17) is 15.2 Å². The number of aryl methyl sites for hydroxylation is 1. The molecule has 2 saturated heterocycles. The van der Waals surface area contributed by atoms with Crippen molar-refractivity contribution >= 4 is 6.03 Å². The van der Waals surface area contributed by atoms with Gasteiger partial charge in [0, 0.05) is 45.0 Å². The predicted octanol–water partition coefficient (Wildman–Crippen LogP) is 2.63. The highest BCUT2D eigenvalue weighted by Crippen LogP contribution is 2.41. The third kappa shape index (κ3) is 5.97. The summed E-state index contributed by atoms with van der Waals surface area (Å²) >= 11 is 0. The molecule has 4 rings (SSSR count). The fraction of sp³-hybridized carbons (Fsp3) is 0.536. The average molecular weight is 516 g/mol. The number of nitrogens with zero attached hydrogens (tertiary/aromatic N) is 2. The number of morpholine rings is 1. The second-order valence-corrected chi connectivity index (χ2v) is 10.1. The van der Waals surface area contributed by atoms with E-state index in [1.165, 1.54) is 11.0 Å². The van der Waals surface area contributed by atoms with Crippen molar-refractivity contribution in [2.75, 3.05) is 46.5 Å². The number of aliphatic hydroxyl groups excluding tert-OH is 1. The number of rotatable bonds is 8. The molecule has 37 heavy (non-hydrogen) atoms. The maximum absolute atomic E-state index is 15.4. The van der Waals surface area contributed by atoms with Crippen LogP contribution in [0.2, 0.25) is 0 Å². The first kappa shape index (κ1) is 27.5. The standard InChI is InChI=1S/C28H38FN3O5/c1-19-7-5-8-20(15-19)26-21(9-6-10-22(26)29)28(35,11-3-4-13-36-2)25-18-31(12-14-37-25)27(34)32-16-23(30)24(33)17-32/h5-10,15,23-25,33,35H,3-4,11-14,16-18,30H2,1-2H3/t23-,24+,25-,28-/m1/s1. The van der Waals surface area contributed by atoms with Gasteiger partial charge in [-0.15, -0.1) is 0 Å². The van der Waals surface area contributed by atoms with Gasteiger partial charge in [0.25, 0.3) is 0 Å². The van der Waals surface area contributed by atoms with Gasteiger partial charge in [-0.05, 0) is 43.4 Å². The highest BCUT2D eigenvalue weighted by atomic mass is 19.1. The van der Waals surface area contributed by atoms with Crippen molar-refractivity contribution in [3.63, 3.8) is 0 Å². The first-order chi connectivity index (χ1) is 17.7. The molecule has 4 N–H and O–H groups in total. The maximum Gasteiger partial charge on any atom is 0.320 e. The van der Waals surface area contributed by atoms with Gasteiger partial charge in [0.05, 0.1) is 19.3 Å². The topological polar surface area (TPSA) is 108 Å². The lowest BCUT2D eigenvalue weighted by Crippen LogP contribution is -2.57. The molecule has 0 unspecified atom stereocenters. The van der Waals surface area contributed by atoms with E-state index in [0.29, 0.717) is 49.1 Å². The number of methoxy groups -OCH3 is 1. The van der Waals surface area contributed by atoms with Gasteiger partial charge in [0.1, 0.15) is 17.5 Å². The minimum absolute atomic E-state index is 0.130.